The monoisotopic (exact) mass is 289 g/mol. The second-order valence-corrected chi connectivity index (χ2v) is 5.73. The zero-order chi connectivity index (χ0) is 12.1. The van der Waals surface area contributed by atoms with E-state index in [-0.39, 0.29) is 27.6 Å². The van der Waals surface area contributed by atoms with E-state index in [4.69, 9.17) is 0 Å². The molecule has 1 unspecified atom stereocenters. The molecule has 0 heterocycles. The van der Waals surface area contributed by atoms with Crippen LogP contribution in [0.15, 0.2) is 10.5 Å². The molecule has 0 amide bonds. The third-order valence-corrected chi connectivity index (χ3v) is 3.87. The van der Waals surface area contributed by atoms with Crippen LogP contribution in [0.5, 0.6) is 0 Å². The lowest BCUT2D eigenvalue weighted by molar-refractivity contribution is 0.433. The van der Waals surface area contributed by atoms with Gasteiger partial charge in [-0.3, -0.25) is 0 Å². The average molecular weight is 290 g/mol. The molecule has 1 N–H and O–H groups in total. The highest BCUT2D eigenvalue weighted by Crippen LogP contribution is 2.47. The maximum Gasteiger partial charge on any atom is 0.142 e. The molecule has 0 aromatic heterocycles. The van der Waals surface area contributed by atoms with Gasteiger partial charge in [-0.25, -0.2) is 8.78 Å². The van der Waals surface area contributed by atoms with Crippen molar-refractivity contribution in [1.29, 1.82) is 0 Å². The summed E-state index contributed by atoms with van der Waals surface area (Å²) in [6, 6.07) is 1.10. The zero-order valence-corrected chi connectivity index (χ0v) is 11.1. The molecule has 1 nitrogen and oxygen atoms in total. The fourth-order valence-corrected chi connectivity index (χ4v) is 3.00. The van der Waals surface area contributed by atoms with Gasteiger partial charge in [0.15, 0.2) is 0 Å². The van der Waals surface area contributed by atoms with Gasteiger partial charge in [0.2, 0.25) is 0 Å². The van der Waals surface area contributed by atoms with Gasteiger partial charge in [-0.1, -0.05) is 13.8 Å². The number of rotatable bonds is 1. The smallest absolute Gasteiger partial charge is 0.142 e. The van der Waals surface area contributed by atoms with Crippen molar-refractivity contribution in [3.8, 4) is 0 Å². The molecule has 0 bridgehead atoms. The molecule has 1 atom stereocenters. The minimum absolute atomic E-state index is 0.114. The molecule has 0 fully saturated rings. The van der Waals surface area contributed by atoms with Crippen LogP contribution in [0.4, 0.5) is 8.78 Å². The van der Waals surface area contributed by atoms with E-state index >= 15 is 0 Å². The SMILES string of the molecule is CNC1CC(C)(C)c2c(F)cc(Br)c(F)c21. The Morgan fingerprint density at radius 2 is 2.06 bits per heavy atom. The molecule has 0 saturated heterocycles. The molecule has 0 spiro atoms. The average Bonchev–Trinajstić information content (AvgIpc) is 2.46. The van der Waals surface area contributed by atoms with Gasteiger partial charge in [-0.05, 0) is 40.9 Å². The summed E-state index contributed by atoms with van der Waals surface area (Å²) in [5.74, 6) is -0.674. The molecular formula is C12H14BrF2N. The topological polar surface area (TPSA) is 12.0 Å². The molecule has 1 aliphatic rings. The zero-order valence-electron chi connectivity index (χ0n) is 9.50. The maximum absolute atomic E-state index is 14.0. The summed E-state index contributed by atoms with van der Waals surface area (Å²) >= 11 is 3.05. The van der Waals surface area contributed by atoms with Crippen LogP contribution in [0.2, 0.25) is 0 Å². The Hall–Kier alpha value is -0.480. The number of benzene rings is 1. The highest BCUT2D eigenvalue weighted by molar-refractivity contribution is 9.10. The minimum atomic E-state index is -0.346. The number of fused-ring (bicyclic) bond motifs is 1. The highest BCUT2D eigenvalue weighted by Gasteiger charge is 2.41. The van der Waals surface area contributed by atoms with E-state index in [0.717, 1.165) is 0 Å². The summed E-state index contributed by atoms with van der Waals surface area (Å²) < 4.78 is 28.1. The number of hydrogen-bond acceptors (Lipinski definition) is 1. The first kappa shape index (κ1) is 12.0. The lowest BCUT2D eigenvalue weighted by Gasteiger charge is -2.19. The summed E-state index contributed by atoms with van der Waals surface area (Å²) in [5.41, 5.74) is 0.654. The first-order valence-electron chi connectivity index (χ1n) is 5.23. The van der Waals surface area contributed by atoms with Crippen molar-refractivity contribution in [1.82, 2.24) is 5.32 Å². The molecule has 16 heavy (non-hydrogen) atoms. The quantitative estimate of drug-likeness (QED) is 0.778. The third-order valence-electron chi connectivity index (χ3n) is 3.30. The van der Waals surface area contributed by atoms with Crippen LogP contribution in [0.3, 0.4) is 0 Å². The van der Waals surface area contributed by atoms with Gasteiger partial charge in [0, 0.05) is 17.2 Å². The second-order valence-electron chi connectivity index (χ2n) is 4.87. The Morgan fingerprint density at radius 3 is 2.62 bits per heavy atom. The normalized spacial score (nSPS) is 22.2. The van der Waals surface area contributed by atoms with Gasteiger partial charge in [0.25, 0.3) is 0 Å². The van der Waals surface area contributed by atoms with E-state index in [1.807, 2.05) is 13.8 Å². The minimum Gasteiger partial charge on any atom is -0.313 e. The Balaban J connectivity index is 2.74. The van der Waals surface area contributed by atoms with Crippen molar-refractivity contribution in [2.24, 2.45) is 0 Å². The van der Waals surface area contributed by atoms with Crippen molar-refractivity contribution < 1.29 is 8.78 Å². The fraction of sp³-hybridized carbons (Fsp3) is 0.500. The summed E-state index contributed by atoms with van der Waals surface area (Å²) in [6.45, 7) is 3.89. The van der Waals surface area contributed by atoms with Crippen molar-refractivity contribution in [3.63, 3.8) is 0 Å². The fourth-order valence-electron chi connectivity index (χ4n) is 2.59. The van der Waals surface area contributed by atoms with Gasteiger partial charge < -0.3 is 5.32 Å². The summed E-state index contributed by atoms with van der Waals surface area (Å²) in [7, 11) is 1.77. The molecule has 1 aliphatic carbocycles. The predicted octanol–water partition coefficient (Wildman–Crippen LogP) is 3.67. The van der Waals surface area contributed by atoms with E-state index in [9.17, 15) is 8.78 Å². The van der Waals surface area contributed by atoms with Gasteiger partial charge in [-0.2, -0.15) is 0 Å². The molecule has 0 radical (unpaired) electrons. The van der Waals surface area contributed by atoms with Crippen molar-refractivity contribution >= 4 is 15.9 Å². The summed E-state index contributed by atoms with van der Waals surface area (Å²) in [5, 5.41) is 3.04. The maximum atomic E-state index is 14.0. The van der Waals surface area contributed by atoms with E-state index in [1.54, 1.807) is 7.05 Å². The van der Waals surface area contributed by atoms with Crippen LogP contribution in [0.1, 0.15) is 37.4 Å². The van der Waals surface area contributed by atoms with Crippen molar-refractivity contribution in [2.45, 2.75) is 31.7 Å². The molecule has 4 heteroatoms. The van der Waals surface area contributed by atoms with Crippen LogP contribution < -0.4 is 5.32 Å². The molecule has 1 aromatic rings. The Morgan fingerprint density at radius 1 is 1.44 bits per heavy atom. The van der Waals surface area contributed by atoms with Crippen LogP contribution in [0, 0.1) is 11.6 Å². The predicted molar refractivity (Wildman–Crippen MR) is 63.5 cm³/mol. The van der Waals surface area contributed by atoms with E-state index < -0.39 is 0 Å². The Bertz CT molecular complexity index is 443. The molecule has 0 aliphatic heterocycles. The lowest BCUT2D eigenvalue weighted by Crippen LogP contribution is -2.17. The van der Waals surface area contributed by atoms with Crippen molar-refractivity contribution in [3.05, 3.63) is 33.3 Å². The van der Waals surface area contributed by atoms with Gasteiger partial charge in [0.1, 0.15) is 11.6 Å². The van der Waals surface area contributed by atoms with E-state index in [0.29, 0.717) is 17.5 Å². The van der Waals surface area contributed by atoms with Crippen molar-refractivity contribution in [2.75, 3.05) is 7.05 Å². The summed E-state index contributed by atoms with van der Waals surface area (Å²) in [4.78, 5) is 0. The van der Waals surface area contributed by atoms with Crippen LogP contribution in [0.25, 0.3) is 0 Å². The first-order valence-corrected chi connectivity index (χ1v) is 6.03. The molecule has 0 saturated carbocycles. The van der Waals surface area contributed by atoms with Crippen LogP contribution in [-0.2, 0) is 5.41 Å². The number of hydrogen-bond donors (Lipinski definition) is 1. The first-order chi connectivity index (χ1) is 7.38. The standard InChI is InChI=1S/C12H14BrF2N/c1-12(2)5-8(16-3)9-10(12)7(14)4-6(13)11(9)15/h4,8,16H,5H2,1-3H3. The van der Waals surface area contributed by atoms with Crippen LogP contribution in [-0.4, -0.2) is 7.05 Å². The van der Waals surface area contributed by atoms with Gasteiger partial charge >= 0.3 is 0 Å². The second kappa shape index (κ2) is 3.77. The molecule has 88 valence electrons. The van der Waals surface area contributed by atoms with Crippen LogP contribution >= 0.6 is 15.9 Å². The van der Waals surface area contributed by atoms with Gasteiger partial charge in [0.05, 0.1) is 4.47 Å². The lowest BCUT2D eigenvalue weighted by atomic mass is 9.86. The summed E-state index contributed by atoms with van der Waals surface area (Å²) in [6.07, 6.45) is 0.711. The highest BCUT2D eigenvalue weighted by atomic mass is 79.9. The largest absolute Gasteiger partial charge is 0.313 e. The third kappa shape index (κ3) is 1.59. The molecule has 1 aromatic carbocycles. The number of nitrogens with one attached hydrogen (secondary N) is 1. The molecular weight excluding hydrogens is 276 g/mol. The van der Waals surface area contributed by atoms with Gasteiger partial charge in [-0.15, -0.1) is 0 Å². The number of halogens is 3. The molecule has 2 rings (SSSR count). The van der Waals surface area contributed by atoms with E-state index in [2.05, 4.69) is 21.2 Å². The van der Waals surface area contributed by atoms with E-state index in [1.165, 1.54) is 6.07 Å². The Kier molecular flexibility index (Phi) is 2.83. The Labute approximate surface area is 102 Å².